The highest BCUT2D eigenvalue weighted by Crippen LogP contribution is 2.33. The van der Waals surface area contributed by atoms with Crippen LogP contribution in [0.15, 0.2) is 36.1 Å². The molecule has 2 nitrogen and oxygen atoms in total. The van der Waals surface area contributed by atoms with Gasteiger partial charge in [-0.1, -0.05) is 18.7 Å². The van der Waals surface area contributed by atoms with Crippen LogP contribution in [-0.2, 0) is 0 Å². The van der Waals surface area contributed by atoms with Gasteiger partial charge in [-0.15, -0.1) is 0 Å². The van der Waals surface area contributed by atoms with Gasteiger partial charge in [-0.25, -0.2) is 0 Å². The normalized spacial score (nSPS) is 36.9. The minimum absolute atomic E-state index is 0.584. The Balaban J connectivity index is 2.25. The van der Waals surface area contributed by atoms with Gasteiger partial charge in [0.25, 0.3) is 0 Å². The van der Waals surface area contributed by atoms with Crippen molar-refractivity contribution in [1.29, 1.82) is 0 Å². The molecule has 2 unspecified atom stereocenters. The molecule has 14 heavy (non-hydrogen) atoms. The highest BCUT2D eigenvalue weighted by atomic mass is 15.1. The Hall–Kier alpha value is -1.02. The largest absolute Gasteiger partial charge is 0.380 e. The Bertz CT molecular complexity index is 289. The third-order valence-corrected chi connectivity index (χ3v) is 3.13. The molecule has 2 fully saturated rings. The van der Waals surface area contributed by atoms with Crippen molar-refractivity contribution in [2.75, 3.05) is 13.1 Å². The second kappa shape index (κ2) is 4.01. The molecule has 2 rings (SSSR count). The molecule has 0 saturated carbocycles. The maximum Gasteiger partial charge on any atom is 0.0455 e. The second-order valence-electron chi connectivity index (χ2n) is 3.91. The lowest BCUT2D eigenvalue weighted by Gasteiger charge is -2.25. The summed E-state index contributed by atoms with van der Waals surface area (Å²) in [4.78, 5) is 0. The van der Waals surface area contributed by atoms with E-state index in [2.05, 4.69) is 36.3 Å². The minimum Gasteiger partial charge on any atom is -0.380 e. The van der Waals surface area contributed by atoms with Crippen molar-refractivity contribution in [3.63, 3.8) is 0 Å². The molecule has 2 aliphatic heterocycles. The fraction of sp³-hybridized carbons (Fsp3) is 0.500. The zero-order valence-corrected chi connectivity index (χ0v) is 8.72. The lowest BCUT2D eigenvalue weighted by atomic mass is 9.89. The van der Waals surface area contributed by atoms with E-state index < -0.39 is 0 Å². The topological polar surface area (TPSA) is 24.1 Å². The summed E-state index contributed by atoms with van der Waals surface area (Å²) in [5.41, 5.74) is 2.73. The van der Waals surface area contributed by atoms with Gasteiger partial charge in [0.15, 0.2) is 0 Å². The van der Waals surface area contributed by atoms with Crippen LogP contribution in [0.2, 0.25) is 0 Å². The van der Waals surface area contributed by atoms with Crippen LogP contribution in [0.1, 0.15) is 13.3 Å². The molecule has 2 atom stereocenters. The van der Waals surface area contributed by atoms with Gasteiger partial charge in [0, 0.05) is 24.2 Å². The highest BCUT2D eigenvalue weighted by Gasteiger charge is 2.35. The Morgan fingerprint density at radius 3 is 3.07 bits per heavy atom. The summed E-state index contributed by atoms with van der Waals surface area (Å²) < 4.78 is 0. The molecule has 0 aromatic rings. The smallest absolute Gasteiger partial charge is 0.0455 e. The number of piperidine rings is 1. The average Bonchev–Trinajstić information content (AvgIpc) is 2.55. The Morgan fingerprint density at radius 1 is 1.50 bits per heavy atom. The molecule has 2 saturated heterocycles. The van der Waals surface area contributed by atoms with E-state index in [-0.39, 0.29) is 0 Å². The van der Waals surface area contributed by atoms with E-state index in [0.29, 0.717) is 12.0 Å². The third-order valence-electron chi connectivity index (χ3n) is 3.13. The van der Waals surface area contributed by atoms with Crippen LogP contribution in [0, 0.1) is 5.92 Å². The van der Waals surface area contributed by atoms with Crippen molar-refractivity contribution in [1.82, 2.24) is 10.6 Å². The first kappa shape index (κ1) is 9.53. The van der Waals surface area contributed by atoms with Crippen LogP contribution < -0.4 is 10.6 Å². The van der Waals surface area contributed by atoms with E-state index in [9.17, 15) is 0 Å². The molecule has 2 N–H and O–H groups in total. The number of rotatable bonds is 1. The standard InChI is InChI=1S/C12H18N2/c1-3-5-11-9(4-2)10-6-7-13-8-12(10)14-11/h3-5,10,12-14H,1,6-8H2,2H3/b9-4-,11-5+. The summed E-state index contributed by atoms with van der Waals surface area (Å²) in [5.74, 6) is 0.701. The first-order valence-electron chi connectivity index (χ1n) is 5.33. The first-order valence-corrected chi connectivity index (χ1v) is 5.33. The zero-order valence-electron chi connectivity index (χ0n) is 8.72. The first-order chi connectivity index (χ1) is 6.86. The lowest BCUT2D eigenvalue weighted by Crippen LogP contribution is -2.43. The van der Waals surface area contributed by atoms with E-state index >= 15 is 0 Å². The number of allylic oxidation sites excluding steroid dienone is 4. The number of nitrogens with one attached hydrogen (secondary N) is 2. The van der Waals surface area contributed by atoms with Gasteiger partial charge in [-0.05, 0) is 31.5 Å². The van der Waals surface area contributed by atoms with E-state index in [1.165, 1.54) is 17.7 Å². The molecule has 0 spiro atoms. The summed E-state index contributed by atoms with van der Waals surface area (Å²) in [7, 11) is 0. The number of fused-ring (bicyclic) bond motifs is 1. The summed E-state index contributed by atoms with van der Waals surface area (Å²) in [6.07, 6.45) is 7.41. The third kappa shape index (κ3) is 1.50. The minimum atomic E-state index is 0.584. The molecule has 2 heterocycles. The Labute approximate surface area is 85.8 Å². The molecule has 0 bridgehead atoms. The number of hydrogen-bond acceptors (Lipinski definition) is 2. The van der Waals surface area contributed by atoms with Gasteiger partial charge in [0.2, 0.25) is 0 Å². The van der Waals surface area contributed by atoms with Crippen LogP contribution in [0.4, 0.5) is 0 Å². The van der Waals surface area contributed by atoms with Crippen molar-refractivity contribution >= 4 is 0 Å². The molecule has 0 amide bonds. The molecule has 0 radical (unpaired) electrons. The maximum absolute atomic E-state index is 3.75. The van der Waals surface area contributed by atoms with Crippen molar-refractivity contribution in [3.05, 3.63) is 36.1 Å². The van der Waals surface area contributed by atoms with E-state index in [1.54, 1.807) is 0 Å². The SMILES string of the molecule is C=C/C=C1/NC2CNCCC2/C1=C/C. The fourth-order valence-corrected chi connectivity index (χ4v) is 2.50. The second-order valence-corrected chi connectivity index (χ2v) is 3.91. The van der Waals surface area contributed by atoms with Gasteiger partial charge in [-0.2, -0.15) is 0 Å². The molecule has 2 aliphatic rings. The predicted molar refractivity (Wildman–Crippen MR) is 59.9 cm³/mol. The van der Waals surface area contributed by atoms with Crippen molar-refractivity contribution in [2.45, 2.75) is 19.4 Å². The van der Waals surface area contributed by atoms with Crippen molar-refractivity contribution in [2.24, 2.45) is 5.92 Å². The van der Waals surface area contributed by atoms with Crippen LogP contribution in [0.5, 0.6) is 0 Å². The van der Waals surface area contributed by atoms with Crippen LogP contribution in [0.3, 0.4) is 0 Å². The van der Waals surface area contributed by atoms with Crippen LogP contribution in [-0.4, -0.2) is 19.1 Å². The summed E-state index contributed by atoms with van der Waals surface area (Å²) in [6.45, 7) is 8.09. The van der Waals surface area contributed by atoms with Crippen LogP contribution in [0.25, 0.3) is 0 Å². The van der Waals surface area contributed by atoms with Gasteiger partial charge in [-0.3, -0.25) is 0 Å². The molecule has 0 aliphatic carbocycles. The van der Waals surface area contributed by atoms with E-state index in [1.807, 2.05) is 6.08 Å². The Kier molecular flexibility index (Phi) is 2.73. The monoisotopic (exact) mass is 190 g/mol. The van der Waals surface area contributed by atoms with Crippen molar-refractivity contribution in [3.8, 4) is 0 Å². The fourth-order valence-electron chi connectivity index (χ4n) is 2.50. The van der Waals surface area contributed by atoms with Crippen LogP contribution >= 0.6 is 0 Å². The summed E-state index contributed by atoms with van der Waals surface area (Å²) >= 11 is 0. The molecular formula is C12H18N2. The van der Waals surface area contributed by atoms with Gasteiger partial charge < -0.3 is 10.6 Å². The number of hydrogen-bond donors (Lipinski definition) is 2. The van der Waals surface area contributed by atoms with Gasteiger partial charge >= 0.3 is 0 Å². The predicted octanol–water partition coefficient (Wildman–Crippen LogP) is 1.58. The molecular weight excluding hydrogens is 172 g/mol. The molecule has 0 aromatic heterocycles. The average molecular weight is 190 g/mol. The summed E-state index contributed by atoms with van der Waals surface area (Å²) in [5, 5.41) is 6.97. The van der Waals surface area contributed by atoms with Gasteiger partial charge in [0.05, 0.1) is 0 Å². The maximum atomic E-state index is 3.75. The Morgan fingerprint density at radius 2 is 2.36 bits per heavy atom. The molecule has 76 valence electrons. The molecule has 0 aromatic carbocycles. The van der Waals surface area contributed by atoms with Crippen molar-refractivity contribution < 1.29 is 0 Å². The highest BCUT2D eigenvalue weighted by molar-refractivity contribution is 5.40. The van der Waals surface area contributed by atoms with Gasteiger partial charge in [0.1, 0.15) is 0 Å². The van der Waals surface area contributed by atoms with E-state index in [4.69, 9.17) is 0 Å². The summed E-state index contributed by atoms with van der Waals surface area (Å²) in [6, 6.07) is 0.584. The zero-order chi connectivity index (χ0) is 9.97. The van der Waals surface area contributed by atoms with E-state index in [0.717, 1.165) is 13.1 Å². The quantitative estimate of drug-likeness (QED) is 0.656. The lowest BCUT2D eigenvalue weighted by molar-refractivity contribution is 0.369. The molecule has 2 heteroatoms.